The molecule has 9 heteroatoms. The van der Waals surface area contributed by atoms with Gasteiger partial charge in [0.1, 0.15) is 12.4 Å². The summed E-state index contributed by atoms with van der Waals surface area (Å²) in [5.41, 5.74) is 1.37. The van der Waals surface area contributed by atoms with Crippen molar-refractivity contribution in [3.63, 3.8) is 0 Å². The van der Waals surface area contributed by atoms with Crippen LogP contribution in [0.1, 0.15) is 5.56 Å². The third kappa shape index (κ3) is 5.78. The Hall–Kier alpha value is -2.94. The highest BCUT2D eigenvalue weighted by Crippen LogP contribution is 2.22. The third-order valence-electron chi connectivity index (χ3n) is 3.98. The van der Waals surface area contributed by atoms with Crippen molar-refractivity contribution in [2.45, 2.75) is 6.92 Å². The quantitative estimate of drug-likeness (QED) is 0.761. The fraction of sp³-hybridized carbons (Fsp3) is 0.263. The number of aryl methyl sites for hydroxylation is 1. The van der Waals surface area contributed by atoms with Gasteiger partial charge in [0, 0.05) is 12.7 Å². The number of benzene rings is 2. The van der Waals surface area contributed by atoms with Crippen LogP contribution in [-0.4, -0.2) is 51.5 Å². The van der Waals surface area contributed by atoms with Gasteiger partial charge in [-0.15, -0.1) is 0 Å². The molecule has 0 spiro atoms. The Morgan fingerprint density at radius 1 is 1.07 bits per heavy atom. The standard InChI is InChI=1S/C19H22FN3O4S/c1-14-7-4-5-10-17(14)23(28(3,26)27)13-19(25)22(2)12-18(24)21-16-9-6-8-15(20)11-16/h4-11H,12-13H2,1-3H3,(H,21,24). The summed E-state index contributed by atoms with van der Waals surface area (Å²) in [5.74, 6) is -1.57. The number of rotatable bonds is 7. The van der Waals surface area contributed by atoms with Crippen molar-refractivity contribution in [1.82, 2.24) is 4.90 Å². The molecule has 0 aliphatic rings. The minimum atomic E-state index is -3.71. The summed E-state index contributed by atoms with van der Waals surface area (Å²) >= 11 is 0. The smallest absolute Gasteiger partial charge is 0.243 e. The van der Waals surface area contributed by atoms with Gasteiger partial charge in [-0.05, 0) is 36.8 Å². The minimum Gasteiger partial charge on any atom is -0.335 e. The van der Waals surface area contributed by atoms with E-state index in [0.29, 0.717) is 11.3 Å². The highest BCUT2D eigenvalue weighted by molar-refractivity contribution is 7.92. The summed E-state index contributed by atoms with van der Waals surface area (Å²) in [6.45, 7) is 1.00. The van der Waals surface area contributed by atoms with Gasteiger partial charge in [-0.1, -0.05) is 24.3 Å². The summed E-state index contributed by atoms with van der Waals surface area (Å²) in [7, 11) is -2.31. The van der Waals surface area contributed by atoms with Gasteiger partial charge < -0.3 is 10.2 Å². The molecule has 0 heterocycles. The van der Waals surface area contributed by atoms with E-state index in [9.17, 15) is 22.4 Å². The van der Waals surface area contributed by atoms with E-state index in [-0.39, 0.29) is 12.2 Å². The Kier molecular flexibility index (Phi) is 6.74. The van der Waals surface area contributed by atoms with Gasteiger partial charge in [-0.25, -0.2) is 12.8 Å². The number of hydrogen-bond acceptors (Lipinski definition) is 4. The number of amides is 2. The van der Waals surface area contributed by atoms with Gasteiger partial charge in [-0.3, -0.25) is 13.9 Å². The minimum absolute atomic E-state index is 0.267. The summed E-state index contributed by atoms with van der Waals surface area (Å²) in [6, 6.07) is 12.2. The molecule has 0 saturated heterocycles. The van der Waals surface area contributed by atoms with Crippen molar-refractivity contribution < 1.29 is 22.4 Å². The molecule has 0 atom stereocenters. The SMILES string of the molecule is Cc1ccccc1N(CC(=O)N(C)CC(=O)Nc1cccc(F)c1)S(C)(=O)=O. The molecule has 0 unspecified atom stereocenters. The van der Waals surface area contributed by atoms with Crippen LogP contribution in [0.15, 0.2) is 48.5 Å². The Balaban J connectivity index is 2.06. The largest absolute Gasteiger partial charge is 0.335 e. The van der Waals surface area contributed by atoms with E-state index in [2.05, 4.69) is 5.32 Å². The molecule has 2 amide bonds. The normalized spacial score (nSPS) is 11.0. The maximum absolute atomic E-state index is 13.2. The molecule has 2 aromatic carbocycles. The van der Waals surface area contributed by atoms with Crippen LogP contribution < -0.4 is 9.62 Å². The topological polar surface area (TPSA) is 86.8 Å². The lowest BCUT2D eigenvalue weighted by molar-refractivity contribution is -0.131. The molecule has 2 rings (SSSR count). The Labute approximate surface area is 163 Å². The Morgan fingerprint density at radius 2 is 1.75 bits per heavy atom. The van der Waals surface area contributed by atoms with Crippen molar-refractivity contribution >= 4 is 33.2 Å². The van der Waals surface area contributed by atoms with Crippen molar-refractivity contribution in [3.8, 4) is 0 Å². The monoisotopic (exact) mass is 407 g/mol. The maximum atomic E-state index is 13.2. The van der Waals surface area contributed by atoms with Crippen LogP contribution in [-0.2, 0) is 19.6 Å². The van der Waals surface area contributed by atoms with E-state index in [4.69, 9.17) is 0 Å². The van der Waals surface area contributed by atoms with Crippen LogP contribution >= 0.6 is 0 Å². The van der Waals surface area contributed by atoms with E-state index in [0.717, 1.165) is 21.5 Å². The number of anilines is 2. The van der Waals surface area contributed by atoms with E-state index < -0.39 is 34.2 Å². The zero-order valence-corrected chi connectivity index (χ0v) is 16.7. The fourth-order valence-electron chi connectivity index (χ4n) is 2.54. The number of para-hydroxylation sites is 1. The lowest BCUT2D eigenvalue weighted by Gasteiger charge is -2.26. The summed E-state index contributed by atoms with van der Waals surface area (Å²) < 4.78 is 38.5. The predicted octanol–water partition coefficient (Wildman–Crippen LogP) is 2.00. The molecule has 0 aromatic heterocycles. The first-order chi connectivity index (χ1) is 13.1. The van der Waals surface area contributed by atoms with Crippen molar-refractivity contribution in [2.24, 2.45) is 0 Å². The first-order valence-corrected chi connectivity index (χ1v) is 10.3. The van der Waals surface area contributed by atoms with Crippen LogP contribution in [0.2, 0.25) is 0 Å². The van der Waals surface area contributed by atoms with Gasteiger partial charge in [0.2, 0.25) is 21.8 Å². The number of carbonyl (C=O) groups excluding carboxylic acids is 2. The second-order valence-electron chi connectivity index (χ2n) is 6.36. The van der Waals surface area contributed by atoms with Crippen LogP contribution in [0.5, 0.6) is 0 Å². The Morgan fingerprint density at radius 3 is 2.36 bits per heavy atom. The molecule has 2 aromatic rings. The number of sulfonamides is 1. The molecular weight excluding hydrogens is 385 g/mol. The molecular formula is C19H22FN3O4S. The van der Waals surface area contributed by atoms with Gasteiger partial charge in [0.25, 0.3) is 0 Å². The third-order valence-corrected chi connectivity index (χ3v) is 5.10. The van der Waals surface area contributed by atoms with Crippen molar-refractivity contribution in [1.29, 1.82) is 0 Å². The first-order valence-electron chi connectivity index (χ1n) is 8.40. The summed E-state index contributed by atoms with van der Waals surface area (Å²) in [5, 5.41) is 2.49. The second-order valence-corrected chi connectivity index (χ2v) is 8.27. The number of halogens is 1. The molecule has 7 nitrogen and oxygen atoms in total. The van der Waals surface area contributed by atoms with Gasteiger partial charge >= 0.3 is 0 Å². The molecule has 0 saturated carbocycles. The Bertz CT molecular complexity index is 979. The van der Waals surface area contributed by atoms with Gasteiger partial charge in [0.05, 0.1) is 18.5 Å². The molecule has 0 fully saturated rings. The predicted molar refractivity (Wildman–Crippen MR) is 106 cm³/mol. The maximum Gasteiger partial charge on any atom is 0.243 e. The molecule has 0 aliphatic heterocycles. The van der Waals surface area contributed by atoms with Crippen LogP contribution in [0.25, 0.3) is 0 Å². The van der Waals surface area contributed by atoms with Gasteiger partial charge in [0.15, 0.2) is 0 Å². The van der Waals surface area contributed by atoms with E-state index in [1.54, 1.807) is 31.2 Å². The average Bonchev–Trinajstić information content (AvgIpc) is 2.59. The molecule has 0 aliphatic carbocycles. The summed E-state index contributed by atoms with van der Waals surface area (Å²) in [6.07, 6.45) is 1.02. The number of carbonyl (C=O) groups is 2. The van der Waals surface area contributed by atoms with Crippen LogP contribution in [0, 0.1) is 12.7 Å². The molecule has 28 heavy (non-hydrogen) atoms. The molecule has 1 N–H and O–H groups in total. The number of hydrogen-bond donors (Lipinski definition) is 1. The highest BCUT2D eigenvalue weighted by atomic mass is 32.2. The first kappa shape index (κ1) is 21.4. The summed E-state index contributed by atoms with van der Waals surface area (Å²) in [4.78, 5) is 25.7. The zero-order chi connectivity index (χ0) is 20.9. The van der Waals surface area contributed by atoms with Crippen molar-refractivity contribution in [2.75, 3.05) is 36.0 Å². The van der Waals surface area contributed by atoms with E-state index >= 15 is 0 Å². The number of likely N-dealkylation sites (N-methyl/N-ethyl adjacent to an activating group) is 1. The van der Waals surface area contributed by atoms with Crippen LogP contribution in [0.3, 0.4) is 0 Å². The lowest BCUT2D eigenvalue weighted by atomic mass is 10.2. The molecule has 150 valence electrons. The molecule has 0 radical (unpaired) electrons. The number of nitrogens with one attached hydrogen (secondary N) is 1. The second kappa shape index (κ2) is 8.83. The lowest BCUT2D eigenvalue weighted by Crippen LogP contribution is -2.43. The van der Waals surface area contributed by atoms with Crippen LogP contribution in [0.4, 0.5) is 15.8 Å². The highest BCUT2D eigenvalue weighted by Gasteiger charge is 2.24. The molecule has 0 bridgehead atoms. The number of nitrogens with zero attached hydrogens (tertiary/aromatic N) is 2. The zero-order valence-electron chi connectivity index (χ0n) is 15.8. The average molecular weight is 407 g/mol. The van der Waals surface area contributed by atoms with E-state index in [1.165, 1.54) is 25.2 Å². The van der Waals surface area contributed by atoms with E-state index in [1.807, 2.05) is 0 Å². The van der Waals surface area contributed by atoms with Gasteiger partial charge in [-0.2, -0.15) is 0 Å². The van der Waals surface area contributed by atoms with Crippen molar-refractivity contribution in [3.05, 3.63) is 59.9 Å². The fourth-order valence-corrected chi connectivity index (χ4v) is 3.45.